The Morgan fingerprint density at radius 2 is 1.69 bits per heavy atom. The van der Waals surface area contributed by atoms with E-state index in [-0.39, 0.29) is 5.92 Å². The Balaban J connectivity index is 1.87. The van der Waals surface area contributed by atoms with E-state index in [9.17, 15) is 0 Å². The minimum Gasteiger partial charge on any atom is -0.438 e. The molecule has 0 bridgehead atoms. The summed E-state index contributed by atoms with van der Waals surface area (Å²) in [5, 5.41) is 2.33. The van der Waals surface area contributed by atoms with Crippen LogP contribution in [0.3, 0.4) is 0 Å². The summed E-state index contributed by atoms with van der Waals surface area (Å²) < 4.78 is 6.11. The van der Waals surface area contributed by atoms with Crippen LogP contribution in [-0.2, 0) is 0 Å². The molecule has 1 aliphatic heterocycles. The molecule has 0 amide bonds. The van der Waals surface area contributed by atoms with E-state index < -0.39 is 0 Å². The number of aromatic nitrogens is 2. The van der Waals surface area contributed by atoms with E-state index in [1.54, 1.807) is 0 Å². The lowest BCUT2D eigenvalue weighted by molar-refractivity contribution is 0.434. The van der Waals surface area contributed by atoms with Crippen LogP contribution in [0.25, 0.3) is 10.8 Å². The van der Waals surface area contributed by atoms with Gasteiger partial charge in [0.15, 0.2) is 0 Å². The van der Waals surface area contributed by atoms with Gasteiger partial charge in [0.2, 0.25) is 5.88 Å². The molecule has 1 atom stereocenters. The Hall–Kier alpha value is -3.40. The molecule has 4 nitrogen and oxygen atoms in total. The summed E-state index contributed by atoms with van der Waals surface area (Å²) in [6.07, 6.45) is 1.45. The highest BCUT2D eigenvalue weighted by molar-refractivity contribution is 5.90. The summed E-state index contributed by atoms with van der Waals surface area (Å²) in [6, 6.07) is 21.0. The summed E-state index contributed by atoms with van der Waals surface area (Å²) in [5.74, 6) is 1.74. The van der Waals surface area contributed by atoms with E-state index in [1.807, 2.05) is 12.1 Å². The molecule has 26 heavy (non-hydrogen) atoms. The molecule has 0 radical (unpaired) electrons. The number of ether oxygens (including phenoxy) is 1. The number of aryl methyl sites for hydroxylation is 1. The first kappa shape index (κ1) is 14.9. The zero-order valence-corrected chi connectivity index (χ0v) is 14.3. The van der Waals surface area contributed by atoms with Crippen molar-refractivity contribution in [3.05, 3.63) is 89.2 Å². The summed E-state index contributed by atoms with van der Waals surface area (Å²) >= 11 is 0. The highest BCUT2D eigenvalue weighted by Crippen LogP contribution is 2.50. The Morgan fingerprint density at radius 1 is 0.885 bits per heavy atom. The number of hydrogen-bond acceptors (Lipinski definition) is 4. The number of benzene rings is 3. The molecule has 126 valence electrons. The van der Waals surface area contributed by atoms with E-state index in [2.05, 4.69) is 65.4 Å². The number of hydrogen-bond donors (Lipinski definition) is 1. The van der Waals surface area contributed by atoms with Crippen LogP contribution < -0.4 is 10.5 Å². The first-order chi connectivity index (χ1) is 12.7. The van der Waals surface area contributed by atoms with Gasteiger partial charge in [-0.25, -0.2) is 9.97 Å². The average molecular weight is 339 g/mol. The third kappa shape index (κ3) is 2.15. The Labute approximate surface area is 151 Å². The molecule has 4 aromatic rings. The van der Waals surface area contributed by atoms with Crippen molar-refractivity contribution in [1.29, 1.82) is 0 Å². The number of nitrogens with zero attached hydrogens (tertiary/aromatic N) is 2. The fraction of sp³-hybridized carbons (Fsp3) is 0.0909. The van der Waals surface area contributed by atoms with Crippen LogP contribution in [0, 0.1) is 6.92 Å². The van der Waals surface area contributed by atoms with Gasteiger partial charge in [0.05, 0.1) is 5.56 Å². The standard InChI is InChI=1S/C22H17N3O/c1-13-6-8-15(9-7-13)18-19-16-5-3-2-4-14(16)10-11-17(19)26-22-20(18)21(23)24-12-25-22/h2-12,18H,1H3,(H2,23,24,25). The molecule has 0 aliphatic carbocycles. The minimum absolute atomic E-state index is 0.0679. The van der Waals surface area contributed by atoms with Crippen LogP contribution in [0.15, 0.2) is 67.0 Å². The molecule has 0 fully saturated rings. The fourth-order valence-corrected chi connectivity index (χ4v) is 3.75. The number of nitrogen functional groups attached to an aromatic ring is 1. The molecule has 0 spiro atoms. The molecule has 3 aromatic carbocycles. The van der Waals surface area contributed by atoms with Gasteiger partial charge in [-0.1, -0.05) is 60.2 Å². The zero-order valence-electron chi connectivity index (χ0n) is 14.3. The van der Waals surface area contributed by atoms with Crippen LogP contribution in [0.5, 0.6) is 11.6 Å². The summed E-state index contributed by atoms with van der Waals surface area (Å²) in [7, 11) is 0. The van der Waals surface area contributed by atoms with E-state index in [0.29, 0.717) is 11.7 Å². The van der Waals surface area contributed by atoms with Crippen molar-refractivity contribution in [2.75, 3.05) is 5.73 Å². The van der Waals surface area contributed by atoms with Crippen molar-refractivity contribution in [2.24, 2.45) is 0 Å². The molecule has 0 saturated heterocycles. The second-order valence-corrected chi connectivity index (χ2v) is 6.62. The van der Waals surface area contributed by atoms with Crippen LogP contribution >= 0.6 is 0 Å². The van der Waals surface area contributed by atoms with E-state index in [4.69, 9.17) is 10.5 Å². The van der Waals surface area contributed by atoms with Gasteiger partial charge in [-0.15, -0.1) is 0 Å². The highest BCUT2D eigenvalue weighted by atomic mass is 16.5. The second kappa shape index (κ2) is 5.56. The van der Waals surface area contributed by atoms with Gasteiger partial charge in [0, 0.05) is 11.5 Å². The molecular formula is C22H17N3O. The van der Waals surface area contributed by atoms with Crippen molar-refractivity contribution in [2.45, 2.75) is 12.8 Å². The molecule has 2 heterocycles. The predicted octanol–water partition coefficient (Wildman–Crippen LogP) is 4.81. The third-order valence-corrected chi connectivity index (χ3v) is 5.00. The average Bonchev–Trinajstić information content (AvgIpc) is 2.67. The Morgan fingerprint density at radius 3 is 2.54 bits per heavy atom. The van der Waals surface area contributed by atoms with Crippen LogP contribution in [0.2, 0.25) is 0 Å². The quantitative estimate of drug-likeness (QED) is 0.476. The normalized spacial score (nSPS) is 15.2. The maximum Gasteiger partial charge on any atom is 0.228 e. The van der Waals surface area contributed by atoms with Crippen LogP contribution in [-0.4, -0.2) is 9.97 Å². The lowest BCUT2D eigenvalue weighted by atomic mass is 9.81. The zero-order chi connectivity index (χ0) is 17.7. The molecule has 5 rings (SSSR count). The summed E-state index contributed by atoms with van der Waals surface area (Å²) in [5.41, 5.74) is 10.6. The van der Waals surface area contributed by atoms with Crippen molar-refractivity contribution >= 4 is 16.6 Å². The second-order valence-electron chi connectivity index (χ2n) is 6.62. The lowest BCUT2D eigenvalue weighted by Crippen LogP contribution is -2.16. The molecule has 1 aliphatic rings. The smallest absolute Gasteiger partial charge is 0.228 e. The first-order valence-electron chi connectivity index (χ1n) is 8.59. The monoisotopic (exact) mass is 339 g/mol. The van der Waals surface area contributed by atoms with E-state index in [0.717, 1.165) is 27.8 Å². The molecular weight excluding hydrogens is 322 g/mol. The Kier molecular flexibility index (Phi) is 3.19. The van der Waals surface area contributed by atoms with Gasteiger partial charge in [0.25, 0.3) is 0 Å². The van der Waals surface area contributed by atoms with Crippen molar-refractivity contribution in [3.63, 3.8) is 0 Å². The van der Waals surface area contributed by atoms with Crippen molar-refractivity contribution in [3.8, 4) is 11.6 Å². The Bertz CT molecular complexity index is 1140. The number of nitrogens with two attached hydrogens (primary N) is 1. The minimum atomic E-state index is -0.0679. The molecule has 0 saturated carbocycles. The molecule has 1 aromatic heterocycles. The number of fused-ring (bicyclic) bond motifs is 4. The van der Waals surface area contributed by atoms with E-state index >= 15 is 0 Å². The molecule has 2 N–H and O–H groups in total. The maximum atomic E-state index is 6.27. The number of rotatable bonds is 1. The first-order valence-corrected chi connectivity index (χ1v) is 8.59. The summed E-state index contributed by atoms with van der Waals surface area (Å²) in [4.78, 5) is 8.56. The van der Waals surface area contributed by atoms with Gasteiger partial charge in [-0.05, 0) is 29.3 Å². The summed E-state index contributed by atoms with van der Waals surface area (Å²) in [6.45, 7) is 2.09. The fourth-order valence-electron chi connectivity index (χ4n) is 3.75. The maximum absolute atomic E-state index is 6.27. The predicted molar refractivity (Wildman–Crippen MR) is 103 cm³/mol. The molecule has 4 heteroatoms. The van der Waals surface area contributed by atoms with Gasteiger partial charge in [-0.3, -0.25) is 0 Å². The van der Waals surface area contributed by atoms with Gasteiger partial charge in [0.1, 0.15) is 17.9 Å². The van der Waals surface area contributed by atoms with Gasteiger partial charge >= 0.3 is 0 Å². The largest absolute Gasteiger partial charge is 0.438 e. The lowest BCUT2D eigenvalue weighted by Gasteiger charge is -2.29. The van der Waals surface area contributed by atoms with E-state index in [1.165, 1.54) is 17.3 Å². The van der Waals surface area contributed by atoms with Crippen LogP contribution in [0.1, 0.15) is 28.2 Å². The molecule has 1 unspecified atom stereocenters. The SMILES string of the molecule is Cc1ccc(C2c3c(N)ncnc3Oc3ccc4ccccc4c32)cc1. The van der Waals surface area contributed by atoms with Crippen LogP contribution in [0.4, 0.5) is 5.82 Å². The van der Waals surface area contributed by atoms with Gasteiger partial charge in [-0.2, -0.15) is 0 Å². The van der Waals surface area contributed by atoms with Crippen molar-refractivity contribution in [1.82, 2.24) is 9.97 Å². The van der Waals surface area contributed by atoms with Crippen molar-refractivity contribution < 1.29 is 4.74 Å². The highest BCUT2D eigenvalue weighted by Gasteiger charge is 2.33. The van der Waals surface area contributed by atoms with Gasteiger partial charge < -0.3 is 10.5 Å². The third-order valence-electron chi connectivity index (χ3n) is 5.00. The number of anilines is 1. The topological polar surface area (TPSA) is 61.0 Å².